The van der Waals surface area contributed by atoms with E-state index in [-0.39, 0.29) is 11.5 Å². The Morgan fingerprint density at radius 3 is 2.09 bits per heavy atom. The van der Waals surface area contributed by atoms with Crippen LogP contribution in [0.3, 0.4) is 0 Å². The van der Waals surface area contributed by atoms with Crippen molar-refractivity contribution >= 4 is 29.1 Å². The van der Waals surface area contributed by atoms with Crippen LogP contribution in [0.15, 0.2) is 66.7 Å². The van der Waals surface area contributed by atoms with Crippen LogP contribution in [-0.2, 0) is 4.79 Å². The fourth-order valence-electron chi connectivity index (χ4n) is 4.57. The lowest BCUT2D eigenvalue weighted by Crippen LogP contribution is -2.41. The molecule has 3 aromatic carbocycles. The molecule has 1 aliphatic heterocycles. The summed E-state index contributed by atoms with van der Waals surface area (Å²) in [4.78, 5) is 17.5. The van der Waals surface area contributed by atoms with Gasteiger partial charge in [-0.15, -0.1) is 0 Å². The number of aliphatic hydroxyl groups is 1. The molecular weight excluding hydrogens is 493 g/mol. The number of hydrogen-bond acceptors (Lipinski definition) is 3. The van der Waals surface area contributed by atoms with Gasteiger partial charge in [-0.3, -0.25) is 9.69 Å². The number of nitrogens with zero attached hydrogens (tertiary/aromatic N) is 2. The van der Waals surface area contributed by atoms with Crippen LogP contribution in [0, 0.1) is 11.6 Å². The summed E-state index contributed by atoms with van der Waals surface area (Å²) < 4.78 is 28.6. The molecule has 1 amide bonds. The molecule has 0 radical (unpaired) electrons. The summed E-state index contributed by atoms with van der Waals surface area (Å²) in [6.07, 6.45) is 0.139. The molecule has 2 atom stereocenters. The molecule has 3 aromatic rings. The first-order valence-electron chi connectivity index (χ1n) is 11.4. The Bertz CT molecular complexity index is 1130. The molecule has 1 aliphatic rings. The second-order valence-corrected chi connectivity index (χ2v) is 9.74. The monoisotopic (exact) mass is 518 g/mol. The van der Waals surface area contributed by atoms with Crippen LogP contribution in [0.5, 0.6) is 0 Å². The van der Waals surface area contributed by atoms with E-state index >= 15 is 0 Å². The lowest BCUT2D eigenvalue weighted by atomic mass is 9.89. The summed E-state index contributed by atoms with van der Waals surface area (Å²) in [5.74, 6) is -2.35. The molecule has 4 nitrogen and oxygen atoms in total. The number of hydrogen-bond donors (Lipinski definition) is 1. The van der Waals surface area contributed by atoms with Crippen molar-refractivity contribution in [1.29, 1.82) is 0 Å². The molecule has 0 unspecified atom stereocenters. The van der Waals surface area contributed by atoms with E-state index in [1.54, 1.807) is 55.6 Å². The minimum Gasteiger partial charge on any atom is -0.392 e. The van der Waals surface area contributed by atoms with Crippen LogP contribution in [0.1, 0.15) is 35.1 Å². The second kappa shape index (κ2) is 11.0. The Balaban J connectivity index is 1.73. The first kappa shape index (κ1) is 25.6. The van der Waals surface area contributed by atoms with Crippen LogP contribution in [0.25, 0.3) is 0 Å². The molecule has 0 aromatic heterocycles. The number of likely N-dealkylation sites (tertiary alicyclic amines) is 1. The minimum absolute atomic E-state index is 0.217. The molecule has 1 N–H and O–H groups in total. The molecule has 0 aliphatic carbocycles. The number of rotatable bonds is 7. The zero-order chi connectivity index (χ0) is 25.1. The fraction of sp³-hybridized carbons (Fsp3) is 0.296. The summed E-state index contributed by atoms with van der Waals surface area (Å²) in [7, 11) is 1.63. The van der Waals surface area contributed by atoms with Crippen LogP contribution < -0.4 is 0 Å². The molecule has 1 heterocycles. The van der Waals surface area contributed by atoms with E-state index in [1.165, 1.54) is 17.0 Å². The third-order valence-corrected chi connectivity index (χ3v) is 6.97. The smallest absolute Gasteiger partial charge is 0.234 e. The van der Waals surface area contributed by atoms with Crippen LogP contribution in [0.4, 0.5) is 8.78 Å². The van der Waals surface area contributed by atoms with Gasteiger partial charge in [0, 0.05) is 48.4 Å². The predicted molar refractivity (Wildman–Crippen MR) is 134 cm³/mol. The molecule has 8 heteroatoms. The summed E-state index contributed by atoms with van der Waals surface area (Å²) >= 11 is 12.2. The summed E-state index contributed by atoms with van der Waals surface area (Å²) in [5.41, 5.74) is 1.67. The van der Waals surface area contributed by atoms with Gasteiger partial charge in [0.1, 0.15) is 11.6 Å². The topological polar surface area (TPSA) is 43.8 Å². The highest BCUT2D eigenvalue weighted by Gasteiger charge is 2.34. The van der Waals surface area contributed by atoms with Crippen molar-refractivity contribution in [2.75, 3.05) is 26.7 Å². The molecule has 1 fully saturated rings. The van der Waals surface area contributed by atoms with Gasteiger partial charge in [0.05, 0.1) is 18.1 Å². The predicted octanol–water partition coefficient (Wildman–Crippen LogP) is 5.67. The van der Waals surface area contributed by atoms with E-state index in [4.69, 9.17) is 23.2 Å². The standard InChI is InChI=1S/C27H26Cl2F2N2O2/c1-32(25(16-33-13-12-22(34)15-33)23-11-10-21(30)14-24(23)31)27(35)26(17-2-6-19(28)7-3-17)18-4-8-20(29)9-5-18/h2-11,14,22,25-26,34H,12-13,15-16H2,1H3/t22-,25+/m0/s1. The van der Waals surface area contributed by atoms with Crippen molar-refractivity contribution in [2.24, 2.45) is 0 Å². The van der Waals surface area contributed by atoms with Gasteiger partial charge in [-0.1, -0.05) is 53.5 Å². The van der Waals surface area contributed by atoms with Crippen molar-refractivity contribution in [2.45, 2.75) is 24.5 Å². The number of amides is 1. The minimum atomic E-state index is -0.719. The summed E-state index contributed by atoms with van der Waals surface area (Å²) in [6, 6.07) is 16.7. The summed E-state index contributed by atoms with van der Waals surface area (Å²) in [5, 5.41) is 11.1. The van der Waals surface area contributed by atoms with Crippen LogP contribution in [0.2, 0.25) is 10.0 Å². The Morgan fingerprint density at radius 1 is 1.03 bits per heavy atom. The van der Waals surface area contributed by atoms with E-state index < -0.39 is 29.7 Å². The number of benzene rings is 3. The highest BCUT2D eigenvalue weighted by molar-refractivity contribution is 6.30. The molecular formula is C27H26Cl2F2N2O2. The molecule has 0 saturated carbocycles. The average molecular weight is 519 g/mol. The maximum Gasteiger partial charge on any atom is 0.234 e. The van der Waals surface area contributed by atoms with Crippen molar-refractivity contribution < 1.29 is 18.7 Å². The highest BCUT2D eigenvalue weighted by Crippen LogP contribution is 2.33. The maximum absolute atomic E-state index is 14.9. The van der Waals surface area contributed by atoms with Crippen molar-refractivity contribution in [3.63, 3.8) is 0 Å². The zero-order valence-corrected chi connectivity index (χ0v) is 20.7. The van der Waals surface area contributed by atoms with Crippen LogP contribution in [-0.4, -0.2) is 53.6 Å². The first-order chi connectivity index (χ1) is 16.7. The lowest BCUT2D eigenvalue weighted by Gasteiger charge is -2.34. The van der Waals surface area contributed by atoms with Gasteiger partial charge in [-0.2, -0.15) is 0 Å². The van der Waals surface area contributed by atoms with Gasteiger partial charge < -0.3 is 10.0 Å². The summed E-state index contributed by atoms with van der Waals surface area (Å²) in [6.45, 7) is 1.36. The van der Waals surface area contributed by atoms with Crippen molar-refractivity contribution in [1.82, 2.24) is 9.80 Å². The van der Waals surface area contributed by atoms with Gasteiger partial charge in [-0.25, -0.2) is 8.78 Å². The number of carbonyl (C=O) groups excluding carboxylic acids is 1. The Labute approximate surface area is 213 Å². The Kier molecular flexibility index (Phi) is 8.07. The number of carbonyl (C=O) groups is 1. The van der Waals surface area contributed by atoms with E-state index in [1.807, 2.05) is 4.90 Å². The Morgan fingerprint density at radius 2 is 1.60 bits per heavy atom. The third kappa shape index (κ3) is 6.01. The molecule has 1 saturated heterocycles. The number of β-amino-alcohol motifs (C(OH)–C–C–N with tert-alkyl or cyclic N) is 1. The SMILES string of the molecule is CN(C(=O)C(c1ccc(Cl)cc1)c1ccc(Cl)cc1)[C@H](CN1CC[C@H](O)C1)c1ccc(F)cc1F. The zero-order valence-electron chi connectivity index (χ0n) is 19.2. The first-order valence-corrected chi connectivity index (χ1v) is 12.1. The quantitative estimate of drug-likeness (QED) is 0.438. The Hall–Kier alpha value is -2.51. The normalized spacial score (nSPS) is 17.1. The number of likely N-dealkylation sites (N-methyl/N-ethyl adjacent to an activating group) is 1. The van der Waals surface area contributed by atoms with Gasteiger partial charge in [0.15, 0.2) is 0 Å². The van der Waals surface area contributed by atoms with E-state index in [9.17, 15) is 18.7 Å². The fourth-order valence-corrected chi connectivity index (χ4v) is 4.82. The van der Waals surface area contributed by atoms with Crippen molar-refractivity contribution in [3.8, 4) is 0 Å². The van der Waals surface area contributed by atoms with E-state index in [2.05, 4.69) is 0 Å². The maximum atomic E-state index is 14.9. The van der Waals surface area contributed by atoms with Gasteiger partial charge in [0.2, 0.25) is 5.91 Å². The van der Waals surface area contributed by atoms with Crippen molar-refractivity contribution in [3.05, 3.63) is 105 Å². The molecule has 0 bridgehead atoms. The molecule has 0 spiro atoms. The average Bonchev–Trinajstić information content (AvgIpc) is 3.24. The second-order valence-electron chi connectivity index (χ2n) is 8.87. The molecule has 184 valence electrons. The highest BCUT2D eigenvalue weighted by atomic mass is 35.5. The lowest BCUT2D eigenvalue weighted by molar-refractivity contribution is -0.133. The molecule has 4 rings (SSSR count). The van der Waals surface area contributed by atoms with E-state index in [0.29, 0.717) is 36.1 Å². The van der Waals surface area contributed by atoms with Gasteiger partial charge in [-0.05, 0) is 47.9 Å². The number of halogens is 4. The van der Waals surface area contributed by atoms with Crippen LogP contribution >= 0.6 is 23.2 Å². The van der Waals surface area contributed by atoms with Gasteiger partial charge in [0.25, 0.3) is 0 Å². The third-order valence-electron chi connectivity index (χ3n) is 6.47. The van der Waals surface area contributed by atoms with Gasteiger partial charge >= 0.3 is 0 Å². The molecule has 35 heavy (non-hydrogen) atoms. The van der Waals surface area contributed by atoms with E-state index in [0.717, 1.165) is 17.2 Å². The number of aliphatic hydroxyl groups excluding tert-OH is 1. The largest absolute Gasteiger partial charge is 0.392 e.